The van der Waals surface area contributed by atoms with Gasteiger partial charge >= 0.3 is 0 Å². The topological polar surface area (TPSA) is 70.2 Å². The molecule has 5 nitrogen and oxygen atoms in total. The third-order valence-corrected chi connectivity index (χ3v) is 3.29. The molecule has 0 atom stereocenters. The third-order valence-electron chi connectivity index (χ3n) is 2.22. The molecule has 90 valence electrons. The number of hydrazine groups is 1. The van der Waals surface area contributed by atoms with Gasteiger partial charge in [0.25, 0.3) is 5.91 Å². The second-order valence-corrected chi connectivity index (χ2v) is 5.01. The van der Waals surface area contributed by atoms with E-state index in [2.05, 4.69) is 16.2 Å². The SMILES string of the molecule is O=C(NNC(=S)NC(=O)C1CC1)c1cccs1. The fourth-order valence-corrected chi connectivity index (χ4v) is 1.94. The molecule has 1 aliphatic rings. The summed E-state index contributed by atoms with van der Waals surface area (Å²) < 4.78 is 0. The number of nitrogens with one attached hydrogen (secondary N) is 3. The van der Waals surface area contributed by atoms with Gasteiger partial charge in [-0.2, -0.15) is 0 Å². The van der Waals surface area contributed by atoms with Gasteiger partial charge < -0.3 is 5.32 Å². The Morgan fingerprint density at radius 3 is 2.71 bits per heavy atom. The molecule has 0 aliphatic heterocycles. The standard InChI is InChI=1S/C10H11N3O2S2/c14-8(6-3-4-6)11-10(16)13-12-9(15)7-2-1-5-17-7/h1-2,5-6H,3-4H2,(H,12,15)(H2,11,13,14,16). The predicted molar refractivity (Wildman–Crippen MR) is 68.4 cm³/mol. The smallest absolute Gasteiger partial charge is 0.279 e. The van der Waals surface area contributed by atoms with E-state index in [9.17, 15) is 9.59 Å². The van der Waals surface area contributed by atoms with E-state index in [0.717, 1.165) is 12.8 Å². The van der Waals surface area contributed by atoms with Crippen LogP contribution in [0, 0.1) is 5.92 Å². The lowest BCUT2D eigenvalue weighted by Gasteiger charge is -2.09. The molecular formula is C10H11N3O2S2. The molecule has 0 saturated heterocycles. The van der Waals surface area contributed by atoms with E-state index in [1.54, 1.807) is 12.1 Å². The molecule has 0 radical (unpaired) electrons. The minimum atomic E-state index is -0.275. The van der Waals surface area contributed by atoms with Gasteiger partial charge in [-0.25, -0.2) is 0 Å². The van der Waals surface area contributed by atoms with Gasteiger partial charge in [0, 0.05) is 5.92 Å². The molecule has 1 fully saturated rings. The maximum atomic E-state index is 11.5. The molecule has 1 saturated carbocycles. The molecule has 1 heterocycles. The zero-order valence-corrected chi connectivity index (χ0v) is 10.5. The van der Waals surface area contributed by atoms with E-state index in [0.29, 0.717) is 4.88 Å². The minimum absolute atomic E-state index is 0.0859. The normalized spacial score (nSPS) is 13.9. The van der Waals surface area contributed by atoms with Crippen LogP contribution in [0.15, 0.2) is 17.5 Å². The van der Waals surface area contributed by atoms with Crippen molar-refractivity contribution in [1.82, 2.24) is 16.2 Å². The summed E-state index contributed by atoms with van der Waals surface area (Å²) in [6.45, 7) is 0. The maximum absolute atomic E-state index is 11.5. The van der Waals surface area contributed by atoms with E-state index >= 15 is 0 Å². The van der Waals surface area contributed by atoms with E-state index in [1.165, 1.54) is 11.3 Å². The lowest BCUT2D eigenvalue weighted by Crippen LogP contribution is -2.48. The number of thiocarbonyl (C=S) groups is 1. The molecule has 0 aromatic carbocycles. The molecular weight excluding hydrogens is 258 g/mol. The quantitative estimate of drug-likeness (QED) is 0.548. The van der Waals surface area contributed by atoms with Crippen LogP contribution in [-0.2, 0) is 4.79 Å². The summed E-state index contributed by atoms with van der Waals surface area (Å²) in [5, 5.41) is 4.44. The summed E-state index contributed by atoms with van der Waals surface area (Å²) in [7, 11) is 0. The van der Waals surface area contributed by atoms with Crippen molar-refractivity contribution in [3.63, 3.8) is 0 Å². The summed E-state index contributed by atoms with van der Waals surface area (Å²) in [5.74, 6) is -0.279. The first-order valence-electron chi connectivity index (χ1n) is 5.11. The number of carbonyl (C=O) groups excluding carboxylic acids is 2. The maximum Gasteiger partial charge on any atom is 0.279 e. The van der Waals surface area contributed by atoms with E-state index in [1.807, 2.05) is 5.38 Å². The van der Waals surface area contributed by atoms with Crippen LogP contribution in [0.25, 0.3) is 0 Å². The second-order valence-electron chi connectivity index (χ2n) is 3.65. The van der Waals surface area contributed by atoms with Gasteiger partial charge in [0.15, 0.2) is 5.11 Å². The third kappa shape index (κ3) is 3.50. The Kier molecular flexibility index (Phi) is 3.70. The highest BCUT2D eigenvalue weighted by atomic mass is 32.1. The summed E-state index contributed by atoms with van der Waals surface area (Å²) in [4.78, 5) is 23.4. The van der Waals surface area contributed by atoms with Crippen LogP contribution in [0.1, 0.15) is 22.5 Å². The average Bonchev–Trinajstić information content (AvgIpc) is 3.02. The number of amides is 2. The fraction of sp³-hybridized carbons (Fsp3) is 0.300. The Hall–Kier alpha value is -1.47. The largest absolute Gasteiger partial charge is 0.302 e. The van der Waals surface area contributed by atoms with Crippen molar-refractivity contribution in [3.8, 4) is 0 Å². The van der Waals surface area contributed by atoms with Crippen molar-refractivity contribution in [2.24, 2.45) is 5.92 Å². The molecule has 1 aromatic rings. The van der Waals surface area contributed by atoms with Gasteiger partial charge in [-0.1, -0.05) is 6.07 Å². The highest BCUT2D eigenvalue weighted by Crippen LogP contribution is 2.28. The van der Waals surface area contributed by atoms with Crippen molar-refractivity contribution < 1.29 is 9.59 Å². The molecule has 1 aromatic heterocycles. The molecule has 3 N–H and O–H groups in total. The van der Waals surface area contributed by atoms with E-state index in [-0.39, 0.29) is 22.8 Å². The van der Waals surface area contributed by atoms with Gasteiger partial charge in [0.2, 0.25) is 5.91 Å². The highest BCUT2D eigenvalue weighted by Gasteiger charge is 2.30. The number of carbonyl (C=O) groups is 2. The molecule has 0 bridgehead atoms. The number of thiophene rings is 1. The van der Waals surface area contributed by atoms with Gasteiger partial charge in [-0.3, -0.25) is 20.4 Å². The van der Waals surface area contributed by atoms with Crippen LogP contribution in [0.2, 0.25) is 0 Å². The second kappa shape index (κ2) is 5.24. The van der Waals surface area contributed by atoms with Gasteiger partial charge in [0.1, 0.15) is 0 Å². The fourth-order valence-electron chi connectivity index (χ4n) is 1.17. The van der Waals surface area contributed by atoms with Crippen LogP contribution in [0.5, 0.6) is 0 Å². The zero-order chi connectivity index (χ0) is 12.3. The van der Waals surface area contributed by atoms with E-state index < -0.39 is 0 Å². The first kappa shape index (κ1) is 12.0. The molecule has 0 unspecified atom stereocenters. The van der Waals surface area contributed by atoms with Crippen molar-refractivity contribution in [2.45, 2.75) is 12.8 Å². The first-order chi connectivity index (χ1) is 8.16. The Labute approximate surface area is 108 Å². The van der Waals surface area contributed by atoms with Crippen molar-refractivity contribution >= 4 is 40.5 Å². The summed E-state index contributed by atoms with van der Waals surface area (Å²) in [6.07, 6.45) is 1.83. The van der Waals surface area contributed by atoms with Crippen molar-refractivity contribution in [3.05, 3.63) is 22.4 Å². The highest BCUT2D eigenvalue weighted by molar-refractivity contribution is 7.80. The first-order valence-corrected chi connectivity index (χ1v) is 6.40. The predicted octanol–water partition coefficient (Wildman–Crippen LogP) is 0.794. The van der Waals surface area contributed by atoms with Crippen molar-refractivity contribution in [2.75, 3.05) is 0 Å². The Balaban J connectivity index is 1.72. The van der Waals surface area contributed by atoms with E-state index in [4.69, 9.17) is 12.2 Å². The number of hydrogen-bond donors (Lipinski definition) is 3. The lowest BCUT2D eigenvalue weighted by molar-refractivity contribution is -0.120. The number of rotatable bonds is 2. The molecule has 2 rings (SSSR count). The Morgan fingerprint density at radius 1 is 1.35 bits per heavy atom. The molecule has 2 amide bonds. The molecule has 0 spiro atoms. The monoisotopic (exact) mass is 269 g/mol. The van der Waals surface area contributed by atoms with Gasteiger partial charge in [0.05, 0.1) is 4.88 Å². The summed E-state index contributed by atoms with van der Waals surface area (Å²) in [6, 6.07) is 3.49. The Morgan fingerprint density at radius 2 is 2.12 bits per heavy atom. The van der Waals surface area contributed by atoms with Crippen molar-refractivity contribution in [1.29, 1.82) is 0 Å². The summed E-state index contributed by atoms with van der Waals surface area (Å²) in [5.41, 5.74) is 4.91. The molecule has 7 heteroatoms. The lowest BCUT2D eigenvalue weighted by atomic mass is 10.4. The van der Waals surface area contributed by atoms with Gasteiger partial charge in [-0.05, 0) is 36.5 Å². The average molecular weight is 269 g/mol. The van der Waals surface area contributed by atoms with Crippen LogP contribution >= 0.6 is 23.6 Å². The van der Waals surface area contributed by atoms with Gasteiger partial charge in [-0.15, -0.1) is 11.3 Å². The molecule has 1 aliphatic carbocycles. The van der Waals surface area contributed by atoms with Crippen LogP contribution in [0.3, 0.4) is 0 Å². The van der Waals surface area contributed by atoms with Crippen LogP contribution in [-0.4, -0.2) is 16.9 Å². The van der Waals surface area contributed by atoms with Crippen LogP contribution in [0.4, 0.5) is 0 Å². The minimum Gasteiger partial charge on any atom is -0.302 e. The number of hydrogen-bond acceptors (Lipinski definition) is 4. The summed E-state index contributed by atoms with van der Waals surface area (Å²) >= 11 is 6.20. The molecule has 17 heavy (non-hydrogen) atoms. The van der Waals surface area contributed by atoms with Crippen LogP contribution < -0.4 is 16.2 Å². The zero-order valence-electron chi connectivity index (χ0n) is 8.86. The Bertz CT molecular complexity index is 440.